The van der Waals surface area contributed by atoms with Crippen LogP contribution in [0.2, 0.25) is 0 Å². The Labute approximate surface area is 150 Å². The van der Waals surface area contributed by atoms with Crippen molar-refractivity contribution in [3.05, 3.63) is 11.1 Å². The lowest BCUT2D eigenvalue weighted by molar-refractivity contribution is 0.611. The van der Waals surface area contributed by atoms with Crippen molar-refractivity contribution in [2.75, 3.05) is 31.1 Å². The molecule has 2 rings (SSSR count). The van der Waals surface area contributed by atoms with E-state index in [-0.39, 0.29) is 0 Å². The van der Waals surface area contributed by atoms with Crippen LogP contribution in [0.5, 0.6) is 0 Å². The zero-order valence-corrected chi connectivity index (χ0v) is 15.9. The van der Waals surface area contributed by atoms with Gasteiger partial charge in [0.25, 0.3) is 0 Å². The molecule has 1 aliphatic rings. The number of nitrogens with two attached hydrogens (primary N) is 1. The number of unbranched alkanes of at least 4 members (excludes halogenated alkanes) is 5. The quantitative estimate of drug-likeness (QED) is 0.363. The Bertz CT molecular complexity index is 480. The molecule has 1 saturated heterocycles. The number of thiazole rings is 1. The Morgan fingerprint density at radius 1 is 1.25 bits per heavy atom. The molecule has 0 atom stereocenters. The van der Waals surface area contributed by atoms with E-state index in [1.165, 1.54) is 50.1 Å². The van der Waals surface area contributed by atoms with E-state index >= 15 is 0 Å². The van der Waals surface area contributed by atoms with Crippen LogP contribution >= 0.6 is 11.3 Å². The highest BCUT2D eigenvalue weighted by Crippen LogP contribution is 2.24. The fourth-order valence-corrected chi connectivity index (χ4v) is 3.84. The molecule has 2 heterocycles. The Hall–Kier alpha value is -1.30. The predicted molar refractivity (Wildman–Crippen MR) is 105 cm³/mol. The van der Waals surface area contributed by atoms with Crippen molar-refractivity contribution in [1.29, 1.82) is 0 Å². The Balaban J connectivity index is 1.55. The number of aromatic nitrogens is 1. The molecular weight excluding hydrogens is 318 g/mol. The van der Waals surface area contributed by atoms with Gasteiger partial charge in [-0.2, -0.15) is 0 Å². The summed E-state index contributed by atoms with van der Waals surface area (Å²) in [5.41, 5.74) is 7.07. The van der Waals surface area contributed by atoms with Crippen molar-refractivity contribution in [1.82, 2.24) is 10.3 Å². The molecule has 0 bridgehead atoms. The number of aliphatic imine (C=N–C) groups is 1. The lowest BCUT2D eigenvalue weighted by atomic mass is 10.1. The third kappa shape index (κ3) is 7.07. The van der Waals surface area contributed by atoms with Crippen molar-refractivity contribution in [2.45, 2.75) is 64.7 Å². The minimum Gasteiger partial charge on any atom is -0.370 e. The SMILES string of the molecule is CCCCCCCCN=C(N)NCCc1csc(N2CCCC2)n1. The van der Waals surface area contributed by atoms with Gasteiger partial charge in [0.2, 0.25) is 0 Å². The fourth-order valence-electron chi connectivity index (χ4n) is 2.93. The summed E-state index contributed by atoms with van der Waals surface area (Å²) >= 11 is 1.76. The van der Waals surface area contributed by atoms with Crippen LogP contribution in [0.25, 0.3) is 0 Å². The van der Waals surface area contributed by atoms with Crippen LogP contribution in [0, 0.1) is 0 Å². The average Bonchev–Trinajstić information content (AvgIpc) is 3.25. The molecule has 1 aromatic heterocycles. The van der Waals surface area contributed by atoms with Crippen molar-refractivity contribution >= 4 is 22.4 Å². The van der Waals surface area contributed by atoms with Crippen LogP contribution in [0.3, 0.4) is 0 Å². The maximum atomic E-state index is 5.92. The van der Waals surface area contributed by atoms with E-state index in [1.807, 2.05) is 0 Å². The molecule has 6 heteroatoms. The summed E-state index contributed by atoms with van der Waals surface area (Å²) in [5.74, 6) is 0.568. The first-order chi connectivity index (χ1) is 11.8. The molecule has 1 aromatic rings. The van der Waals surface area contributed by atoms with Gasteiger partial charge in [-0.3, -0.25) is 4.99 Å². The molecule has 0 aromatic carbocycles. The van der Waals surface area contributed by atoms with Crippen LogP contribution in [-0.2, 0) is 6.42 Å². The molecule has 136 valence electrons. The van der Waals surface area contributed by atoms with Crippen molar-refractivity contribution in [2.24, 2.45) is 10.7 Å². The largest absolute Gasteiger partial charge is 0.370 e. The minimum absolute atomic E-state index is 0.568. The molecule has 0 radical (unpaired) electrons. The van der Waals surface area contributed by atoms with Gasteiger partial charge in [-0.25, -0.2) is 4.98 Å². The minimum atomic E-state index is 0.568. The van der Waals surface area contributed by atoms with Gasteiger partial charge >= 0.3 is 0 Å². The molecule has 24 heavy (non-hydrogen) atoms. The number of anilines is 1. The van der Waals surface area contributed by atoms with E-state index in [0.717, 1.165) is 44.7 Å². The van der Waals surface area contributed by atoms with Crippen LogP contribution in [-0.4, -0.2) is 37.1 Å². The lowest BCUT2D eigenvalue weighted by Crippen LogP contribution is -2.33. The Morgan fingerprint density at radius 2 is 2.00 bits per heavy atom. The second-order valence-corrected chi connectivity index (χ2v) is 7.36. The number of nitrogens with one attached hydrogen (secondary N) is 1. The van der Waals surface area contributed by atoms with Crippen molar-refractivity contribution in [3.63, 3.8) is 0 Å². The summed E-state index contributed by atoms with van der Waals surface area (Å²) in [4.78, 5) is 11.5. The van der Waals surface area contributed by atoms with Gasteiger partial charge in [0.1, 0.15) is 0 Å². The number of hydrogen-bond acceptors (Lipinski definition) is 4. The number of nitrogens with zero attached hydrogens (tertiary/aromatic N) is 3. The van der Waals surface area contributed by atoms with Crippen LogP contribution < -0.4 is 16.0 Å². The van der Waals surface area contributed by atoms with E-state index in [9.17, 15) is 0 Å². The Morgan fingerprint density at radius 3 is 2.79 bits per heavy atom. The monoisotopic (exact) mass is 351 g/mol. The van der Waals surface area contributed by atoms with E-state index in [4.69, 9.17) is 10.7 Å². The third-order valence-electron chi connectivity index (χ3n) is 4.40. The maximum absolute atomic E-state index is 5.92. The summed E-state index contributed by atoms with van der Waals surface area (Å²) in [7, 11) is 0. The maximum Gasteiger partial charge on any atom is 0.188 e. The molecule has 1 fully saturated rings. The van der Waals surface area contributed by atoms with Gasteiger partial charge in [-0.15, -0.1) is 11.3 Å². The van der Waals surface area contributed by atoms with E-state index in [1.54, 1.807) is 11.3 Å². The Kier molecular flexibility index (Phi) is 8.95. The second-order valence-electron chi connectivity index (χ2n) is 6.53. The van der Waals surface area contributed by atoms with Gasteiger partial charge in [0.15, 0.2) is 11.1 Å². The van der Waals surface area contributed by atoms with Gasteiger partial charge in [-0.05, 0) is 19.3 Å². The standard InChI is InChI=1S/C18H33N5S/c1-2-3-4-5-6-7-11-20-17(19)21-12-10-16-15-24-18(22-16)23-13-8-9-14-23/h15H,2-14H2,1H3,(H3,19,20,21). The molecule has 0 amide bonds. The predicted octanol–water partition coefficient (Wildman–Crippen LogP) is 3.55. The zero-order valence-electron chi connectivity index (χ0n) is 15.1. The van der Waals surface area contributed by atoms with Gasteiger partial charge in [0, 0.05) is 38.0 Å². The molecule has 3 N–H and O–H groups in total. The third-order valence-corrected chi connectivity index (χ3v) is 5.35. The molecule has 0 spiro atoms. The first-order valence-electron chi connectivity index (χ1n) is 9.52. The number of hydrogen-bond donors (Lipinski definition) is 2. The summed E-state index contributed by atoms with van der Waals surface area (Å²) in [6.07, 6.45) is 11.2. The van der Waals surface area contributed by atoms with Gasteiger partial charge < -0.3 is 16.0 Å². The fraction of sp³-hybridized carbons (Fsp3) is 0.778. The first kappa shape index (κ1) is 19.0. The van der Waals surface area contributed by atoms with Crippen LogP contribution in [0.4, 0.5) is 5.13 Å². The first-order valence-corrected chi connectivity index (χ1v) is 10.4. The molecule has 0 saturated carbocycles. The summed E-state index contributed by atoms with van der Waals surface area (Å²) in [6, 6.07) is 0. The summed E-state index contributed by atoms with van der Waals surface area (Å²) in [5, 5.41) is 6.54. The lowest BCUT2D eigenvalue weighted by Gasteiger charge is -2.12. The molecule has 0 unspecified atom stereocenters. The summed E-state index contributed by atoms with van der Waals surface area (Å²) in [6.45, 7) is 6.19. The number of rotatable bonds is 11. The number of guanidine groups is 1. The molecular formula is C18H33N5S. The molecule has 0 aliphatic carbocycles. The topological polar surface area (TPSA) is 66.5 Å². The van der Waals surface area contributed by atoms with E-state index in [0.29, 0.717) is 5.96 Å². The average molecular weight is 352 g/mol. The second kappa shape index (κ2) is 11.3. The molecule has 5 nitrogen and oxygen atoms in total. The van der Waals surface area contributed by atoms with E-state index < -0.39 is 0 Å². The highest BCUT2D eigenvalue weighted by molar-refractivity contribution is 7.13. The van der Waals surface area contributed by atoms with Crippen LogP contribution in [0.15, 0.2) is 10.4 Å². The highest BCUT2D eigenvalue weighted by Gasteiger charge is 2.15. The molecule has 1 aliphatic heterocycles. The van der Waals surface area contributed by atoms with Gasteiger partial charge in [0.05, 0.1) is 5.69 Å². The zero-order chi connectivity index (χ0) is 17.0. The van der Waals surface area contributed by atoms with Crippen molar-refractivity contribution < 1.29 is 0 Å². The normalized spacial score (nSPS) is 15.2. The van der Waals surface area contributed by atoms with Crippen molar-refractivity contribution in [3.8, 4) is 0 Å². The van der Waals surface area contributed by atoms with Crippen LogP contribution in [0.1, 0.15) is 64.0 Å². The smallest absolute Gasteiger partial charge is 0.188 e. The highest BCUT2D eigenvalue weighted by atomic mass is 32.1. The summed E-state index contributed by atoms with van der Waals surface area (Å²) < 4.78 is 0. The van der Waals surface area contributed by atoms with Gasteiger partial charge in [-0.1, -0.05) is 39.0 Å². The van der Waals surface area contributed by atoms with E-state index in [2.05, 4.69) is 27.5 Å².